The lowest BCUT2D eigenvalue weighted by Gasteiger charge is -2.22. The minimum Gasteiger partial charge on any atom is -0.468 e. The average Bonchev–Trinajstić information content (AvgIpc) is 2.96. The topological polar surface area (TPSA) is 28.4 Å². The molecule has 2 aromatic rings. The Bertz CT molecular complexity index is 467. The maximum atomic E-state index is 5.48. The van der Waals surface area contributed by atoms with Crippen molar-refractivity contribution in [3.05, 3.63) is 45.0 Å². The van der Waals surface area contributed by atoms with Crippen molar-refractivity contribution >= 4 is 27.3 Å². The number of nitrogens with zero attached hydrogens (tertiary/aromatic N) is 1. The summed E-state index contributed by atoms with van der Waals surface area (Å²) in [6.07, 6.45) is 1.72. The molecule has 98 valence electrons. The Kier molecular flexibility index (Phi) is 5.00. The standard InChI is InChI=1S/C13H17BrN2OS/c1-16(2)11(12-4-3-6-17-12)8-15-9-13-10(14)5-7-18-13/h3-7,11,15H,8-9H2,1-2H3. The van der Waals surface area contributed by atoms with Crippen LogP contribution in [0.4, 0.5) is 0 Å². The van der Waals surface area contributed by atoms with Gasteiger partial charge in [0.1, 0.15) is 5.76 Å². The first kappa shape index (κ1) is 13.8. The van der Waals surface area contributed by atoms with Crippen molar-refractivity contribution in [2.45, 2.75) is 12.6 Å². The van der Waals surface area contributed by atoms with Crippen molar-refractivity contribution in [1.29, 1.82) is 0 Å². The van der Waals surface area contributed by atoms with Crippen molar-refractivity contribution in [2.75, 3.05) is 20.6 Å². The number of halogens is 1. The van der Waals surface area contributed by atoms with Crippen molar-refractivity contribution in [3.8, 4) is 0 Å². The fourth-order valence-electron chi connectivity index (χ4n) is 1.79. The lowest BCUT2D eigenvalue weighted by molar-refractivity contribution is 0.250. The second-order valence-corrected chi connectivity index (χ2v) is 6.17. The van der Waals surface area contributed by atoms with E-state index in [4.69, 9.17) is 4.42 Å². The molecule has 2 rings (SSSR count). The fourth-order valence-corrected chi connectivity index (χ4v) is 3.25. The SMILES string of the molecule is CN(C)C(CNCc1sccc1Br)c1ccco1. The highest BCUT2D eigenvalue weighted by atomic mass is 79.9. The van der Waals surface area contributed by atoms with Gasteiger partial charge in [0, 0.05) is 22.4 Å². The number of likely N-dealkylation sites (N-methyl/N-ethyl adjacent to an activating group) is 1. The third kappa shape index (κ3) is 3.45. The number of hydrogen-bond acceptors (Lipinski definition) is 4. The maximum Gasteiger partial charge on any atom is 0.122 e. The zero-order chi connectivity index (χ0) is 13.0. The van der Waals surface area contributed by atoms with Crippen LogP contribution in [0.25, 0.3) is 0 Å². The van der Waals surface area contributed by atoms with Gasteiger partial charge in [0.15, 0.2) is 0 Å². The number of furan rings is 1. The van der Waals surface area contributed by atoms with Gasteiger partial charge in [-0.05, 0) is 53.6 Å². The molecule has 0 aliphatic carbocycles. The van der Waals surface area contributed by atoms with Crippen LogP contribution in [0.15, 0.2) is 38.7 Å². The molecule has 0 spiro atoms. The zero-order valence-corrected chi connectivity index (χ0v) is 12.9. The van der Waals surface area contributed by atoms with E-state index in [-0.39, 0.29) is 6.04 Å². The summed E-state index contributed by atoms with van der Waals surface area (Å²) in [7, 11) is 4.13. The largest absolute Gasteiger partial charge is 0.468 e. The normalized spacial score (nSPS) is 13.1. The number of nitrogens with one attached hydrogen (secondary N) is 1. The van der Waals surface area contributed by atoms with Gasteiger partial charge >= 0.3 is 0 Å². The molecule has 2 heterocycles. The molecule has 0 aliphatic rings. The number of hydrogen-bond donors (Lipinski definition) is 1. The van der Waals surface area contributed by atoms with Gasteiger partial charge in [-0.25, -0.2) is 0 Å². The van der Waals surface area contributed by atoms with Crippen molar-refractivity contribution < 1.29 is 4.42 Å². The molecule has 0 radical (unpaired) electrons. The first-order valence-corrected chi connectivity index (χ1v) is 7.48. The molecular weight excluding hydrogens is 312 g/mol. The average molecular weight is 329 g/mol. The minimum atomic E-state index is 0.263. The van der Waals surface area contributed by atoms with E-state index in [1.54, 1.807) is 17.6 Å². The highest BCUT2D eigenvalue weighted by molar-refractivity contribution is 9.10. The van der Waals surface area contributed by atoms with E-state index >= 15 is 0 Å². The molecule has 1 N–H and O–H groups in total. The van der Waals surface area contributed by atoms with Crippen LogP contribution >= 0.6 is 27.3 Å². The third-order valence-corrected chi connectivity index (χ3v) is 4.74. The highest BCUT2D eigenvalue weighted by Gasteiger charge is 2.16. The van der Waals surface area contributed by atoms with Crippen LogP contribution in [-0.2, 0) is 6.54 Å². The maximum absolute atomic E-state index is 5.48. The van der Waals surface area contributed by atoms with E-state index < -0.39 is 0 Å². The first-order valence-electron chi connectivity index (χ1n) is 5.81. The van der Waals surface area contributed by atoms with Gasteiger partial charge in [-0.3, -0.25) is 4.90 Å². The van der Waals surface area contributed by atoms with Gasteiger partial charge in [-0.1, -0.05) is 0 Å². The number of rotatable bonds is 6. The predicted molar refractivity (Wildman–Crippen MR) is 78.9 cm³/mol. The molecule has 0 aliphatic heterocycles. The molecule has 0 amide bonds. The molecule has 0 bridgehead atoms. The Balaban J connectivity index is 1.89. The van der Waals surface area contributed by atoms with Gasteiger partial charge < -0.3 is 9.73 Å². The summed E-state index contributed by atoms with van der Waals surface area (Å²) < 4.78 is 6.66. The highest BCUT2D eigenvalue weighted by Crippen LogP contribution is 2.23. The smallest absolute Gasteiger partial charge is 0.122 e. The summed E-state index contributed by atoms with van der Waals surface area (Å²) in [5, 5.41) is 5.57. The Morgan fingerprint density at radius 2 is 2.28 bits per heavy atom. The summed E-state index contributed by atoms with van der Waals surface area (Å²) in [6.45, 7) is 1.74. The summed E-state index contributed by atoms with van der Waals surface area (Å²) in [4.78, 5) is 3.49. The summed E-state index contributed by atoms with van der Waals surface area (Å²) in [5.74, 6) is 0.998. The Hall–Kier alpha value is -0.620. The molecule has 0 saturated carbocycles. The van der Waals surface area contributed by atoms with Crippen LogP contribution in [-0.4, -0.2) is 25.5 Å². The Morgan fingerprint density at radius 1 is 1.44 bits per heavy atom. The summed E-state index contributed by atoms with van der Waals surface area (Å²) in [6, 6.07) is 6.30. The van der Waals surface area contributed by atoms with Gasteiger partial charge in [0.05, 0.1) is 12.3 Å². The first-order chi connectivity index (χ1) is 8.68. The molecule has 3 nitrogen and oxygen atoms in total. The lowest BCUT2D eigenvalue weighted by Crippen LogP contribution is -2.30. The Labute approximate surface area is 120 Å². The van der Waals surface area contributed by atoms with Gasteiger partial charge in [-0.2, -0.15) is 0 Å². The van der Waals surface area contributed by atoms with Crippen molar-refractivity contribution in [3.63, 3.8) is 0 Å². The molecule has 0 fully saturated rings. The van der Waals surface area contributed by atoms with Crippen molar-refractivity contribution in [1.82, 2.24) is 10.2 Å². The second-order valence-electron chi connectivity index (χ2n) is 4.32. The van der Waals surface area contributed by atoms with E-state index in [2.05, 4.69) is 51.7 Å². The molecule has 2 aromatic heterocycles. The van der Waals surface area contributed by atoms with Crippen LogP contribution in [0, 0.1) is 0 Å². The minimum absolute atomic E-state index is 0.263. The van der Waals surface area contributed by atoms with E-state index in [1.165, 1.54) is 9.35 Å². The zero-order valence-electron chi connectivity index (χ0n) is 10.5. The predicted octanol–water partition coefficient (Wildman–Crippen LogP) is 3.50. The van der Waals surface area contributed by atoms with E-state index in [9.17, 15) is 0 Å². The van der Waals surface area contributed by atoms with E-state index in [0.717, 1.165) is 18.8 Å². The quantitative estimate of drug-likeness (QED) is 0.879. The third-order valence-electron chi connectivity index (χ3n) is 2.81. The molecule has 1 unspecified atom stereocenters. The Morgan fingerprint density at radius 3 is 2.83 bits per heavy atom. The molecule has 18 heavy (non-hydrogen) atoms. The van der Waals surface area contributed by atoms with Crippen molar-refractivity contribution in [2.24, 2.45) is 0 Å². The molecule has 0 saturated heterocycles. The summed E-state index contributed by atoms with van der Waals surface area (Å²) in [5.41, 5.74) is 0. The summed E-state index contributed by atoms with van der Waals surface area (Å²) >= 11 is 5.30. The lowest BCUT2D eigenvalue weighted by atomic mass is 10.2. The fraction of sp³-hybridized carbons (Fsp3) is 0.385. The van der Waals surface area contributed by atoms with Crippen LogP contribution < -0.4 is 5.32 Å². The van der Waals surface area contributed by atoms with Gasteiger partial charge in [0.25, 0.3) is 0 Å². The van der Waals surface area contributed by atoms with Crippen LogP contribution in [0.5, 0.6) is 0 Å². The molecule has 1 atom stereocenters. The van der Waals surface area contributed by atoms with E-state index in [1.807, 2.05) is 12.1 Å². The molecule has 5 heteroatoms. The monoisotopic (exact) mass is 328 g/mol. The molecule has 0 aromatic carbocycles. The number of thiophene rings is 1. The van der Waals surface area contributed by atoms with Crippen LogP contribution in [0.3, 0.4) is 0 Å². The van der Waals surface area contributed by atoms with Crippen LogP contribution in [0.2, 0.25) is 0 Å². The van der Waals surface area contributed by atoms with Crippen LogP contribution in [0.1, 0.15) is 16.7 Å². The van der Waals surface area contributed by atoms with E-state index in [0.29, 0.717) is 0 Å². The van der Waals surface area contributed by atoms with Gasteiger partial charge in [-0.15, -0.1) is 11.3 Å². The second kappa shape index (κ2) is 6.52. The van der Waals surface area contributed by atoms with Gasteiger partial charge in [0.2, 0.25) is 0 Å². The molecular formula is C13H17BrN2OS.